The van der Waals surface area contributed by atoms with Gasteiger partial charge in [-0.25, -0.2) is 0 Å². The number of methoxy groups -OCH3 is 1. The first-order valence-corrected chi connectivity index (χ1v) is 7.15. The number of carbonyl (C=O) groups excluding carboxylic acids is 1. The molecule has 0 atom stereocenters. The molecule has 0 saturated carbocycles. The molecule has 4 nitrogen and oxygen atoms in total. The summed E-state index contributed by atoms with van der Waals surface area (Å²) in [7, 11) is 3.48. The van der Waals surface area contributed by atoms with Crippen molar-refractivity contribution in [2.24, 2.45) is 0 Å². The lowest BCUT2D eigenvalue weighted by atomic mass is 10.1. The van der Waals surface area contributed by atoms with Gasteiger partial charge in [-0.05, 0) is 43.4 Å². The number of hydrogen-bond acceptors (Lipinski definition) is 3. The zero-order chi connectivity index (χ0) is 14.8. The smallest absolute Gasteiger partial charge is 0.222 e. The molecule has 0 saturated heterocycles. The minimum Gasteiger partial charge on any atom is -0.497 e. The van der Waals surface area contributed by atoms with E-state index in [1.165, 1.54) is 0 Å². The Morgan fingerprint density at radius 3 is 2.80 bits per heavy atom. The number of aliphatic hydroxyl groups is 1. The molecule has 0 unspecified atom stereocenters. The first kappa shape index (κ1) is 16.5. The molecule has 112 valence electrons. The van der Waals surface area contributed by atoms with Gasteiger partial charge in [-0.2, -0.15) is 0 Å². The number of carbonyl (C=O) groups is 1. The van der Waals surface area contributed by atoms with Crippen molar-refractivity contribution in [1.29, 1.82) is 0 Å². The second-order valence-corrected chi connectivity index (χ2v) is 4.95. The number of rotatable bonds is 9. The normalized spacial score (nSPS) is 10.3. The van der Waals surface area contributed by atoms with Gasteiger partial charge in [-0.3, -0.25) is 4.79 Å². The van der Waals surface area contributed by atoms with E-state index in [0.29, 0.717) is 6.42 Å². The molecule has 20 heavy (non-hydrogen) atoms. The van der Waals surface area contributed by atoms with Gasteiger partial charge < -0.3 is 14.7 Å². The van der Waals surface area contributed by atoms with Gasteiger partial charge in [0.2, 0.25) is 5.91 Å². The number of nitrogens with zero attached hydrogens (tertiary/aromatic N) is 1. The highest BCUT2D eigenvalue weighted by Gasteiger charge is 2.08. The van der Waals surface area contributed by atoms with E-state index in [2.05, 4.69) is 0 Å². The number of benzene rings is 1. The second kappa shape index (κ2) is 9.37. The van der Waals surface area contributed by atoms with Crippen molar-refractivity contribution in [3.63, 3.8) is 0 Å². The maximum Gasteiger partial charge on any atom is 0.222 e. The summed E-state index contributed by atoms with van der Waals surface area (Å²) in [4.78, 5) is 13.8. The fraction of sp³-hybridized carbons (Fsp3) is 0.562. The standard InChI is InChI=1S/C16H25NO3/c1-17(11-4-3-5-12-18)16(19)10-9-14-7-6-8-15(13-14)20-2/h6-8,13,18H,3-5,9-12H2,1-2H3. The van der Waals surface area contributed by atoms with Crippen LogP contribution in [-0.4, -0.2) is 43.2 Å². The van der Waals surface area contributed by atoms with Crippen molar-refractivity contribution in [3.05, 3.63) is 29.8 Å². The van der Waals surface area contributed by atoms with E-state index in [9.17, 15) is 4.79 Å². The Bertz CT molecular complexity index is 406. The number of aliphatic hydroxyl groups excluding tert-OH is 1. The predicted molar refractivity (Wildman–Crippen MR) is 79.9 cm³/mol. The molecule has 0 aliphatic carbocycles. The molecule has 0 aliphatic rings. The van der Waals surface area contributed by atoms with Gasteiger partial charge >= 0.3 is 0 Å². The highest BCUT2D eigenvalue weighted by molar-refractivity contribution is 5.76. The minimum atomic E-state index is 0.164. The van der Waals surface area contributed by atoms with Gasteiger partial charge in [0.25, 0.3) is 0 Å². The van der Waals surface area contributed by atoms with E-state index in [1.807, 2.05) is 31.3 Å². The Hall–Kier alpha value is -1.55. The average molecular weight is 279 g/mol. The summed E-state index contributed by atoms with van der Waals surface area (Å²) in [6.07, 6.45) is 3.97. The molecule has 0 radical (unpaired) electrons. The number of amides is 1. The molecule has 0 spiro atoms. The summed E-state index contributed by atoms with van der Waals surface area (Å²) in [5, 5.41) is 8.70. The summed E-state index contributed by atoms with van der Waals surface area (Å²) in [6.45, 7) is 0.991. The lowest BCUT2D eigenvalue weighted by Crippen LogP contribution is -2.27. The van der Waals surface area contributed by atoms with Gasteiger partial charge in [-0.15, -0.1) is 0 Å². The lowest BCUT2D eigenvalue weighted by molar-refractivity contribution is -0.129. The van der Waals surface area contributed by atoms with E-state index >= 15 is 0 Å². The van der Waals surface area contributed by atoms with E-state index in [0.717, 1.165) is 43.5 Å². The van der Waals surface area contributed by atoms with Crippen LogP contribution in [0.3, 0.4) is 0 Å². The third-order valence-corrected chi connectivity index (χ3v) is 3.34. The minimum absolute atomic E-state index is 0.164. The predicted octanol–water partition coefficient (Wildman–Crippen LogP) is 2.25. The van der Waals surface area contributed by atoms with Crippen molar-refractivity contribution in [2.75, 3.05) is 27.3 Å². The molecule has 1 rings (SSSR count). The summed E-state index contributed by atoms with van der Waals surface area (Å²) >= 11 is 0. The van der Waals surface area contributed by atoms with Crippen molar-refractivity contribution in [3.8, 4) is 5.75 Å². The largest absolute Gasteiger partial charge is 0.497 e. The van der Waals surface area contributed by atoms with Crippen LogP contribution in [0.4, 0.5) is 0 Å². The Morgan fingerprint density at radius 2 is 2.10 bits per heavy atom. The molecule has 1 N–H and O–H groups in total. The van der Waals surface area contributed by atoms with Crippen LogP contribution < -0.4 is 4.74 Å². The zero-order valence-corrected chi connectivity index (χ0v) is 12.5. The number of ether oxygens (including phenoxy) is 1. The molecular weight excluding hydrogens is 254 g/mol. The van der Waals surface area contributed by atoms with Crippen molar-refractivity contribution >= 4 is 5.91 Å². The Kier molecular flexibility index (Phi) is 7.73. The fourth-order valence-corrected chi connectivity index (χ4v) is 2.03. The molecular formula is C16H25NO3. The third kappa shape index (κ3) is 6.06. The van der Waals surface area contributed by atoms with Gasteiger partial charge in [-0.1, -0.05) is 12.1 Å². The van der Waals surface area contributed by atoms with E-state index in [-0.39, 0.29) is 12.5 Å². The van der Waals surface area contributed by atoms with Crippen molar-refractivity contribution < 1.29 is 14.6 Å². The van der Waals surface area contributed by atoms with Crippen LogP contribution in [0, 0.1) is 0 Å². The Morgan fingerprint density at radius 1 is 1.30 bits per heavy atom. The maximum absolute atomic E-state index is 12.0. The van der Waals surface area contributed by atoms with Crippen LogP contribution in [0.1, 0.15) is 31.2 Å². The maximum atomic E-state index is 12.0. The van der Waals surface area contributed by atoms with E-state index < -0.39 is 0 Å². The lowest BCUT2D eigenvalue weighted by Gasteiger charge is -2.17. The highest BCUT2D eigenvalue weighted by Crippen LogP contribution is 2.14. The van der Waals surface area contributed by atoms with E-state index in [1.54, 1.807) is 12.0 Å². The number of aryl methyl sites for hydroxylation is 1. The summed E-state index contributed by atoms with van der Waals surface area (Å²) in [5.74, 6) is 0.990. The fourth-order valence-electron chi connectivity index (χ4n) is 2.03. The average Bonchev–Trinajstić information content (AvgIpc) is 2.49. The molecule has 0 bridgehead atoms. The summed E-state index contributed by atoms with van der Waals surface area (Å²) in [5.41, 5.74) is 1.12. The Labute approximate surface area is 121 Å². The topological polar surface area (TPSA) is 49.8 Å². The van der Waals surface area contributed by atoms with Crippen molar-refractivity contribution in [1.82, 2.24) is 4.90 Å². The second-order valence-electron chi connectivity index (χ2n) is 4.95. The summed E-state index contributed by atoms with van der Waals surface area (Å²) < 4.78 is 5.17. The Balaban J connectivity index is 2.30. The molecule has 1 aromatic rings. The van der Waals surface area contributed by atoms with Crippen LogP contribution in [-0.2, 0) is 11.2 Å². The molecule has 1 amide bonds. The van der Waals surface area contributed by atoms with Gasteiger partial charge in [0, 0.05) is 26.6 Å². The molecule has 0 aliphatic heterocycles. The quantitative estimate of drug-likeness (QED) is 0.705. The molecule has 4 heteroatoms. The molecule has 1 aromatic carbocycles. The summed E-state index contributed by atoms with van der Waals surface area (Å²) in [6, 6.07) is 7.82. The molecule has 0 aromatic heterocycles. The van der Waals surface area contributed by atoms with E-state index in [4.69, 9.17) is 9.84 Å². The van der Waals surface area contributed by atoms with Crippen LogP contribution in [0.25, 0.3) is 0 Å². The van der Waals surface area contributed by atoms with Crippen LogP contribution in [0.2, 0.25) is 0 Å². The zero-order valence-electron chi connectivity index (χ0n) is 12.5. The monoisotopic (exact) mass is 279 g/mol. The SMILES string of the molecule is COc1cccc(CCC(=O)N(C)CCCCCO)c1. The molecule has 0 fully saturated rings. The van der Waals surface area contributed by atoms with Crippen LogP contribution >= 0.6 is 0 Å². The highest BCUT2D eigenvalue weighted by atomic mass is 16.5. The first-order chi connectivity index (χ1) is 9.67. The van der Waals surface area contributed by atoms with Gasteiger partial charge in [0.1, 0.15) is 5.75 Å². The number of hydrogen-bond donors (Lipinski definition) is 1. The molecule has 0 heterocycles. The number of unbranched alkanes of at least 4 members (excludes halogenated alkanes) is 2. The first-order valence-electron chi connectivity index (χ1n) is 7.15. The van der Waals surface area contributed by atoms with Gasteiger partial charge in [0.05, 0.1) is 7.11 Å². The van der Waals surface area contributed by atoms with Gasteiger partial charge in [0.15, 0.2) is 0 Å². The van der Waals surface area contributed by atoms with Crippen LogP contribution in [0.15, 0.2) is 24.3 Å². The third-order valence-electron chi connectivity index (χ3n) is 3.34. The van der Waals surface area contributed by atoms with Crippen molar-refractivity contribution in [2.45, 2.75) is 32.1 Å². The van der Waals surface area contributed by atoms with Crippen LogP contribution in [0.5, 0.6) is 5.75 Å².